The number of hydrogen-bond donors (Lipinski definition) is 3. The van der Waals surface area contributed by atoms with Crippen LogP contribution in [0.1, 0.15) is 19.3 Å². The van der Waals surface area contributed by atoms with Gasteiger partial charge in [0.2, 0.25) is 10.0 Å². The molecule has 116 valence electrons. The van der Waals surface area contributed by atoms with Gasteiger partial charge in [-0.2, -0.15) is 0 Å². The van der Waals surface area contributed by atoms with Crippen LogP contribution in [0.25, 0.3) is 0 Å². The maximum atomic E-state index is 13.8. The van der Waals surface area contributed by atoms with Gasteiger partial charge in [-0.15, -0.1) is 0 Å². The van der Waals surface area contributed by atoms with Gasteiger partial charge in [0, 0.05) is 23.7 Å². The normalized spacial score (nSPS) is 29.3. The molecule has 21 heavy (non-hydrogen) atoms. The van der Waals surface area contributed by atoms with Crippen LogP contribution in [-0.2, 0) is 10.0 Å². The van der Waals surface area contributed by atoms with E-state index >= 15 is 0 Å². The first-order valence-corrected chi connectivity index (χ1v) is 8.79. The van der Waals surface area contributed by atoms with Gasteiger partial charge in [-0.1, -0.05) is 18.0 Å². The number of hydrogen-bond acceptors (Lipinski definition) is 4. The molecule has 3 unspecified atom stereocenters. The highest BCUT2D eigenvalue weighted by atomic mass is 35.5. The van der Waals surface area contributed by atoms with Crippen molar-refractivity contribution in [3.05, 3.63) is 29.0 Å². The predicted octanol–water partition coefficient (Wildman–Crippen LogP) is 1.40. The van der Waals surface area contributed by atoms with Gasteiger partial charge in [0.05, 0.1) is 0 Å². The summed E-state index contributed by atoms with van der Waals surface area (Å²) in [5.74, 6) is -0.429. The van der Waals surface area contributed by atoms with Crippen molar-refractivity contribution in [2.24, 2.45) is 5.92 Å². The number of hydrazine groups is 1. The first kappa shape index (κ1) is 15.2. The molecule has 3 N–H and O–H groups in total. The minimum Gasteiger partial charge on any atom is -0.257 e. The highest BCUT2D eigenvalue weighted by Crippen LogP contribution is 2.28. The number of fused-ring (bicyclic) bond motifs is 1. The summed E-state index contributed by atoms with van der Waals surface area (Å²) in [5.41, 5.74) is 6.18. The maximum Gasteiger partial charge on any atom is 0.243 e. The summed E-state index contributed by atoms with van der Waals surface area (Å²) in [5, 5.41) is 0.172. The molecule has 1 aromatic rings. The van der Waals surface area contributed by atoms with Gasteiger partial charge in [-0.25, -0.2) is 17.5 Å². The Morgan fingerprint density at radius 2 is 2.14 bits per heavy atom. The van der Waals surface area contributed by atoms with Crippen LogP contribution in [0.4, 0.5) is 4.39 Å². The Balaban J connectivity index is 1.82. The highest BCUT2D eigenvalue weighted by molar-refractivity contribution is 7.89. The van der Waals surface area contributed by atoms with Crippen LogP contribution in [0.2, 0.25) is 5.02 Å². The Labute approximate surface area is 128 Å². The Bertz CT molecular complexity index is 640. The van der Waals surface area contributed by atoms with Crippen molar-refractivity contribution >= 4 is 21.6 Å². The van der Waals surface area contributed by atoms with Crippen molar-refractivity contribution in [1.29, 1.82) is 0 Å². The average Bonchev–Trinajstić information content (AvgIpc) is 2.87. The van der Waals surface area contributed by atoms with E-state index in [2.05, 4.69) is 15.6 Å². The van der Waals surface area contributed by atoms with Crippen LogP contribution in [0.5, 0.6) is 0 Å². The lowest BCUT2D eigenvalue weighted by Crippen LogP contribution is -2.52. The van der Waals surface area contributed by atoms with Crippen LogP contribution in [0.15, 0.2) is 23.1 Å². The lowest BCUT2D eigenvalue weighted by Gasteiger charge is -2.33. The third-order valence-electron chi connectivity index (χ3n) is 4.15. The number of halogens is 2. The van der Waals surface area contributed by atoms with Gasteiger partial charge in [-0.3, -0.25) is 10.9 Å². The molecule has 1 saturated carbocycles. The highest BCUT2D eigenvalue weighted by Gasteiger charge is 2.38. The summed E-state index contributed by atoms with van der Waals surface area (Å²) >= 11 is 5.66. The molecule has 3 atom stereocenters. The summed E-state index contributed by atoms with van der Waals surface area (Å²) in [4.78, 5) is -0.361. The van der Waals surface area contributed by atoms with Crippen molar-refractivity contribution in [3.8, 4) is 0 Å². The van der Waals surface area contributed by atoms with E-state index in [9.17, 15) is 12.8 Å². The topological polar surface area (TPSA) is 70.2 Å². The summed E-state index contributed by atoms with van der Waals surface area (Å²) in [6, 6.07) is 3.39. The quantitative estimate of drug-likeness (QED) is 0.782. The predicted molar refractivity (Wildman–Crippen MR) is 77.8 cm³/mol. The third-order valence-corrected chi connectivity index (χ3v) is 5.91. The van der Waals surface area contributed by atoms with Crippen molar-refractivity contribution in [2.45, 2.75) is 36.2 Å². The second kappa shape index (κ2) is 5.81. The summed E-state index contributed by atoms with van der Waals surface area (Å²) in [7, 11) is -3.90. The second-order valence-corrected chi connectivity index (χ2v) is 7.66. The maximum absolute atomic E-state index is 13.8. The van der Waals surface area contributed by atoms with Gasteiger partial charge in [-0.05, 0) is 37.0 Å². The van der Waals surface area contributed by atoms with Crippen molar-refractivity contribution in [3.63, 3.8) is 0 Å². The third kappa shape index (κ3) is 3.07. The SMILES string of the molecule is O=S(=O)(NC1CCCC2CNNC21)c1ccc(Cl)cc1F. The molecule has 5 nitrogen and oxygen atoms in total. The minimum absolute atomic E-state index is 0.0453. The Hall–Kier alpha value is -0.730. The first-order chi connectivity index (χ1) is 9.97. The van der Waals surface area contributed by atoms with E-state index in [-0.39, 0.29) is 22.0 Å². The molecule has 0 radical (unpaired) electrons. The summed E-state index contributed by atoms with van der Waals surface area (Å²) in [6.07, 6.45) is 2.77. The van der Waals surface area contributed by atoms with Gasteiger partial charge >= 0.3 is 0 Å². The van der Waals surface area contributed by atoms with E-state index in [0.717, 1.165) is 31.9 Å². The Morgan fingerprint density at radius 1 is 1.33 bits per heavy atom. The lowest BCUT2D eigenvalue weighted by molar-refractivity contribution is 0.278. The molecule has 8 heteroatoms. The molecule has 1 aliphatic heterocycles. The zero-order valence-corrected chi connectivity index (χ0v) is 12.8. The molecule has 0 aromatic heterocycles. The van der Waals surface area contributed by atoms with Crippen LogP contribution >= 0.6 is 11.6 Å². The number of benzene rings is 1. The van der Waals surface area contributed by atoms with Crippen molar-refractivity contribution in [2.75, 3.05) is 6.54 Å². The molecule has 3 rings (SSSR count). The molecule has 0 amide bonds. The van der Waals surface area contributed by atoms with Gasteiger partial charge in [0.1, 0.15) is 10.7 Å². The Morgan fingerprint density at radius 3 is 2.90 bits per heavy atom. The summed E-state index contributed by atoms with van der Waals surface area (Å²) < 4.78 is 41.2. The molecule has 1 saturated heterocycles. The van der Waals surface area contributed by atoms with Gasteiger partial charge in [0.15, 0.2) is 0 Å². The Kier molecular flexibility index (Phi) is 4.20. The van der Waals surface area contributed by atoms with Gasteiger partial charge < -0.3 is 0 Å². The molecule has 1 aliphatic carbocycles. The fourth-order valence-electron chi connectivity index (χ4n) is 3.13. The second-order valence-electron chi connectivity index (χ2n) is 5.54. The first-order valence-electron chi connectivity index (χ1n) is 6.93. The van der Waals surface area contributed by atoms with E-state index in [0.29, 0.717) is 5.92 Å². The zero-order chi connectivity index (χ0) is 15.0. The molecule has 2 aliphatic rings. The number of rotatable bonds is 3. The van der Waals surface area contributed by atoms with Gasteiger partial charge in [0.25, 0.3) is 0 Å². The standard InChI is InChI=1S/C13H17ClFN3O2S/c14-9-4-5-12(10(15)6-9)21(19,20)18-11-3-1-2-8-7-16-17-13(8)11/h4-6,8,11,13,16-18H,1-3,7H2. The monoisotopic (exact) mass is 333 g/mol. The minimum atomic E-state index is -3.90. The van der Waals surface area contributed by atoms with Crippen LogP contribution in [-0.4, -0.2) is 27.0 Å². The van der Waals surface area contributed by atoms with Crippen LogP contribution < -0.4 is 15.6 Å². The van der Waals surface area contributed by atoms with Crippen molar-refractivity contribution in [1.82, 2.24) is 15.6 Å². The number of nitrogens with one attached hydrogen (secondary N) is 3. The molecule has 2 fully saturated rings. The molecule has 0 spiro atoms. The van der Waals surface area contributed by atoms with Crippen LogP contribution in [0, 0.1) is 11.7 Å². The largest absolute Gasteiger partial charge is 0.257 e. The van der Waals surface area contributed by atoms with E-state index < -0.39 is 15.8 Å². The zero-order valence-electron chi connectivity index (χ0n) is 11.3. The molecular formula is C13H17ClFN3O2S. The average molecular weight is 334 g/mol. The lowest BCUT2D eigenvalue weighted by atomic mass is 9.83. The molecular weight excluding hydrogens is 317 g/mol. The number of sulfonamides is 1. The smallest absolute Gasteiger partial charge is 0.243 e. The molecule has 1 aromatic carbocycles. The fraction of sp³-hybridized carbons (Fsp3) is 0.538. The van der Waals surface area contributed by atoms with E-state index in [4.69, 9.17) is 11.6 Å². The van der Waals surface area contributed by atoms with E-state index in [1.54, 1.807) is 0 Å². The van der Waals surface area contributed by atoms with E-state index in [1.807, 2.05) is 0 Å². The molecule has 0 bridgehead atoms. The summed E-state index contributed by atoms with van der Waals surface area (Å²) in [6.45, 7) is 0.832. The van der Waals surface area contributed by atoms with Crippen molar-refractivity contribution < 1.29 is 12.8 Å². The molecule has 1 heterocycles. The fourth-order valence-corrected chi connectivity index (χ4v) is 4.64. The van der Waals surface area contributed by atoms with E-state index in [1.165, 1.54) is 12.1 Å². The van der Waals surface area contributed by atoms with Crippen LogP contribution in [0.3, 0.4) is 0 Å².